The summed E-state index contributed by atoms with van der Waals surface area (Å²) in [6.07, 6.45) is 0. The van der Waals surface area contributed by atoms with Gasteiger partial charge in [0.05, 0.1) is 49.8 Å². The Hall–Kier alpha value is -18.4. The Morgan fingerprint density at radius 3 is 0.854 bits per heavy atom. The molecule has 0 aliphatic heterocycles. The molecule has 0 saturated heterocycles. The van der Waals surface area contributed by atoms with Crippen molar-refractivity contribution in [3.63, 3.8) is 0 Å². The van der Waals surface area contributed by atoms with E-state index >= 15 is 0 Å². The summed E-state index contributed by atoms with van der Waals surface area (Å²) in [6, 6.07) is 188. The number of hydrogen-bond acceptors (Lipinski definition) is 2. The third-order valence-corrected chi connectivity index (χ3v) is 31.2. The first-order valence-electron chi connectivity index (χ1n) is 50.1. The summed E-state index contributed by atoms with van der Waals surface area (Å²) in [5.74, 6) is 0. The number of nitrogens with zero attached hydrogens (tertiary/aromatic N) is 6. The number of anilines is 6. The van der Waals surface area contributed by atoms with Crippen LogP contribution >= 0.6 is 0 Å². The van der Waals surface area contributed by atoms with Crippen LogP contribution < -0.4 is 9.80 Å². The number of hydrogen-bond donors (Lipinski definition) is 0. The molecular weight excluding hydrogens is 1740 g/mol. The van der Waals surface area contributed by atoms with Crippen molar-refractivity contribution in [2.75, 3.05) is 9.80 Å². The lowest BCUT2D eigenvalue weighted by atomic mass is 9.82. The maximum Gasteiger partial charge on any atom is 0.0541 e. The van der Waals surface area contributed by atoms with E-state index in [0.29, 0.717) is 0 Å². The van der Waals surface area contributed by atoms with Gasteiger partial charge in [-0.15, -0.1) is 0 Å². The van der Waals surface area contributed by atoms with E-state index in [1.54, 1.807) is 0 Å². The van der Waals surface area contributed by atoms with Crippen LogP contribution in [0.3, 0.4) is 0 Å². The molecule has 0 fully saturated rings. The molecule has 0 saturated carbocycles. The molecule has 0 atom stereocenters. The van der Waals surface area contributed by atoms with Crippen molar-refractivity contribution >= 4 is 154 Å². The van der Waals surface area contributed by atoms with Crippen molar-refractivity contribution in [3.8, 4) is 89.5 Å². The van der Waals surface area contributed by atoms with Crippen LogP contribution in [0.25, 0.3) is 209 Å². The molecule has 0 spiro atoms. The Labute approximate surface area is 835 Å². The first kappa shape index (κ1) is 83.8. The van der Waals surface area contributed by atoms with Crippen LogP contribution in [-0.4, -0.2) is 18.3 Å². The standard InChI is InChI=1S/C71H49N3.C67H47N3/c1-71(2)64-44-51(36-38-57(64)58-39-37-52(45-65(58)71)74-66-28-13-10-24-60(66)61-25-11-14-29-67(61)74)72(50-34-31-47(32-35-50)54-27-16-18-46-17-6-7-21-53(46)54)69-42-40-55(56-22-8-9-23-59(56)69)48-33-41-70-63(43-48)62-26-12-15-30-68(62)73(70)49-19-4-3-5-20-49;1-67(2)61-42-51(36-38-55(61)56-39-37-52(43-62(56)67)70-63-24-11-8-20-57(63)58-21-9-12-25-64(58)70)68(50-34-29-46(30-35-50)54-23-14-16-45-15-6-7-19-53(45)54)49-32-27-44(28-33-49)47-31-40-66-60(41-47)59-22-10-13-26-65(59)69(66)48-17-4-3-5-18-48/h3-45H,1-2H3;3-43H,1-2H3. The van der Waals surface area contributed by atoms with E-state index < -0.39 is 0 Å². The number of rotatable bonds is 14. The van der Waals surface area contributed by atoms with Crippen molar-refractivity contribution in [2.24, 2.45) is 0 Å². The lowest BCUT2D eigenvalue weighted by Crippen LogP contribution is -2.17. The smallest absolute Gasteiger partial charge is 0.0541 e. The van der Waals surface area contributed by atoms with Crippen molar-refractivity contribution in [3.05, 3.63) is 532 Å². The topological polar surface area (TPSA) is 26.2 Å². The fourth-order valence-corrected chi connectivity index (χ4v) is 24.3. The minimum absolute atomic E-state index is 0.245. The highest BCUT2D eigenvalue weighted by Gasteiger charge is 2.39. The quantitative estimate of drug-likeness (QED) is 0.108. The molecule has 678 valence electrons. The monoisotopic (exact) mass is 1840 g/mol. The van der Waals surface area contributed by atoms with Gasteiger partial charge in [-0.1, -0.05) is 361 Å². The van der Waals surface area contributed by atoms with Gasteiger partial charge in [-0.3, -0.25) is 0 Å². The van der Waals surface area contributed by atoms with Crippen LogP contribution in [0.1, 0.15) is 49.9 Å². The third-order valence-electron chi connectivity index (χ3n) is 31.2. The highest BCUT2D eigenvalue weighted by molar-refractivity contribution is 6.16. The minimum atomic E-state index is -0.270. The number of benzene rings is 23. The summed E-state index contributed by atoms with van der Waals surface area (Å²) in [4.78, 5) is 4.91. The molecule has 4 aromatic heterocycles. The second kappa shape index (κ2) is 33.2. The summed E-state index contributed by atoms with van der Waals surface area (Å²) in [7, 11) is 0. The Morgan fingerprint density at radius 2 is 0.431 bits per heavy atom. The van der Waals surface area contributed by atoms with Gasteiger partial charge in [-0.05, 0) is 292 Å². The molecule has 29 rings (SSSR count). The molecule has 0 radical (unpaired) electrons. The van der Waals surface area contributed by atoms with Crippen LogP contribution in [0.5, 0.6) is 0 Å². The predicted octanol–water partition coefficient (Wildman–Crippen LogP) is 37.4. The molecule has 2 aliphatic carbocycles. The molecular formula is C138H96N6. The summed E-state index contributed by atoms with van der Waals surface area (Å²) in [5.41, 5.74) is 40.7. The highest BCUT2D eigenvalue weighted by atomic mass is 15.2. The molecule has 6 nitrogen and oxygen atoms in total. The Kier molecular flexibility index (Phi) is 19.3. The molecule has 2 aliphatic rings. The largest absolute Gasteiger partial charge is 0.310 e. The van der Waals surface area contributed by atoms with Crippen molar-refractivity contribution in [1.29, 1.82) is 0 Å². The van der Waals surface area contributed by atoms with Gasteiger partial charge in [-0.2, -0.15) is 0 Å². The summed E-state index contributed by atoms with van der Waals surface area (Å²) < 4.78 is 9.64. The lowest BCUT2D eigenvalue weighted by molar-refractivity contribution is 0.660. The number of fused-ring (bicyclic) bond motifs is 21. The lowest BCUT2D eigenvalue weighted by Gasteiger charge is -2.29. The van der Waals surface area contributed by atoms with Crippen LogP contribution in [0.15, 0.2) is 510 Å². The van der Waals surface area contributed by atoms with E-state index in [1.807, 2.05) is 0 Å². The van der Waals surface area contributed by atoms with Crippen molar-refractivity contribution in [2.45, 2.75) is 38.5 Å². The van der Waals surface area contributed by atoms with E-state index in [0.717, 1.165) is 39.8 Å². The molecule has 0 N–H and O–H groups in total. The first-order valence-corrected chi connectivity index (χ1v) is 50.1. The average molecular weight is 1840 g/mol. The Bertz CT molecular complexity index is 9780. The fourth-order valence-electron chi connectivity index (χ4n) is 24.3. The fraction of sp³-hybridized carbons (Fsp3) is 0.0435. The van der Waals surface area contributed by atoms with Gasteiger partial charge in [0.15, 0.2) is 0 Å². The second-order valence-corrected chi connectivity index (χ2v) is 39.8. The van der Waals surface area contributed by atoms with Crippen LogP contribution in [0.2, 0.25) is 0 Å². The van der Waals surface area contributed by atoms with Gasteiger partial charge >= 0.3 is 0 Å². The van der Waals surface area contributed by atoms with Crippen LogP contribution in [-0.2, 0) is 10.8 Å². The predicted molar refractivity (Wildman–Crippen MR) is 609 cm³/mol. The highest BCUT2D eigenvalue weighted by Crippen LogP contribution is 2.56. The zero-order valence-electron chi connectivity index (χ0n) is 80.2. The number of para-hydroxylation sites is 8. The van der Waals surface area contributed by atoms with Gasteiger partial charge in [0, 0.05) is 110 Å². The third kappa shape index (κ3) is 13.3. The van der Waals surface area contributed by atoms with E-state index in [9.17, 15) is 0 Å². The molecule has 4 heterocycles. The van der Waals surface area contributed by atoms with Gasteiger partial charge in [0.2, 0.25) is 0 Å². The molecule has 0 unspecified atom stereocenters. The summed E-state index contributed by atoms with van der Waals surface area (Å²) in [6.45, 7) is 9.59. The Morgan fingerprint density at radius 1 is 0.153 bits per heavy atom. The minimum Gasteiger partial charge on any atom is -0.310 e. The zero-order chi connectivity index (χ0) is 95.6. The van der Waals surface area contributed by atoms with E-state index in [1.165, 1.54) is 226 Å². The Balaban J connectivity index is 0.000000140. The molecule has 6 heteroatoms. The number of aromatic nitrogens is 4. The normalized spacial score (nSPS) is 12.8. The summed E-state index contributed by atoms with van der Waals surface area (Å²) in [5, 5.41) is 17.5. The first-order chi connectivity index (χ1) is 70.9. The maximum absolute atomic E-state index is 2.48. The molecule has 23 aromatic carbocycles. The van der Waals surface area contributed by atoms with E-state index in [4.69, 9.17) is 0 Å². The molecule has 0 bridgehead atoms. The van der Waals surface area contributed by atoms with Crippen LogP contribution in [0, 0.1) is 0 Å². The van der Waals surface area contributed by atoms with Gasteiger partial charge < -0.3 is 28.1 Å². The van der Waals surface area contributed by atoms with Gasteiger partial charge in [0.25, 0.3) is 0 Å². The average Bonchev–Trinajstić information content (AvgIpc) is 1.56. The zero-order valence-corrected chi connectivity index (χ0v) is 80.2. The van der Waals surface area contributed by atoms with E-state index in [2.05, 4.69) is 565 Å². The summed E-state index contributed by atoms with van der Waals surface area (Å²) >= 11 is 0. The van der Waals surface area contributed by atoms with E-state index in [-0.39, 0.29) is 10.8 Å². The molecule has 144 heavy (non-hydrogen) atoms. The molecule has 0 amide bonds. The van der Waals surface area contributed by atoms with Gasteiger partial charge in [0.1, 0.15) is 0 Å². The van der Waals surface area contributed by atoms with Crippen molar-refractivity contribution in [1.82, 2.24) is 18.3 Å². The van der Waals surface area contributed by atoms with Gasteiger partial charge in [-0.25, -0.2) is 0 Å². The maximum atomic E-state index is 2.48. The van der Waals surface area contributed by atoms with Crippen molar-refractivity contribution < 1.29 is 0 Å². The molecule has 27 aromatic rings. The second-order valence-electron chi connectivity index (χ2n) is 39.8. The van der Waals surface area contributed by atoms with Crippen LogP contribution in [0.4, 0.5) is 34.1 Å². The SMILES string of the molecule is CC1(C)c2cc(N(c3ccc(-c4ccc5c(c4)c4ccccc4n5-c4ccccc4)cc3)c3ccc(-c4cccc5ccccc45)cc3)ccc2-c2ccc(-n3c4ccccc4c4ccccc43)cc21.CC1(C)c2cc(N(c3ccc(-c4cccc5ccccc45)cc3)c3ccc(-c4ccc5c(c4)c4ccccc4n5-c4ccccc4)c4ccccc34)ccc2-c2ccc(-n3c4ccccc4c4ccccc43)cc21.